The topological polar surface area (TPSA) is 67.3 Å². The summed E-state index contributed by atoms with van der Waals surface area (Å²) in [6, 6.07) is 11.5. The van der Waals surface area contributed by atoms with Crippen LogP contribution in [0.5, 0.6) is 0 Å². The summed E-state index contributed by atoms with van der Waals surface area (Å²) in [5, 5.41) is 3.09. The summed E-state index contributed by atoms with van der Waals surface area (Å²) < 4.78 is 52.8. The molecule has 2 N–H and O–H groups in total. The number of fused-ring (bicyclic) bond motifs is 1. The Morgan fingerprint density at radius 1 is 1.09 bits per heavy atom. The summed E-state index contributed by atoms with van der Waals surface area (Å²) in [5.41, 5.74) is 2.21. The lowest BCUT2D eigenvalue weighted by Crippen LogP contribution is -2.36. The third kappa shape index (κ3) is 4.20. The highest BCUT2D eigenvalue weighted by Gasteiger charge is 2.37. The Kier molecular flexibility index (Phi) is 5.36. The maximum Gasteiger partial charge on any atom is 0.407 e. The first-order chi connectivity index (χ1) is 15.9. The van der Waals surface area contributed by atoms with Crippen LogP contribution < -0.4 is 5.32 Å². The van der Waals surface area contributed by atoms with Gasteiger partial charge in [0.05, 0.1) is 17.8 Å². The van der Waals surface area contributed by atoms with Gasteiger partial charge < -0.3 is 19.5 Å². The maximum atomic E-state index is 14.5. The first-order valence-electron chi connectivity index (χ1n) is 10.6. The first-order valence-corrected chi connectivity index (χ1v) is 10.6. The van der Waals surface area contributed by atoms with Gasteiger partial charge in [-0.3, -0.25) is 0 Å². The molecule has 0 atom stereocenters. The minimum Gasteiger partial charge on any atom is -0.465 e. The second-order valence-corrected chi connectivity index (χ2v) is 8.29. The molecule has 2 aromatic carbocycles. The molecule has 4 aromatic rings. The molecule has 8 heteroatoms. The molecule has 33 heavy (non-hydrogen) atoms. The lowest BCUT2D eigenvalue weighted by Gasteiger charge is -2.35. The Morgan fingerprint density at radius 2 is 1.85 bits per heavy atom. The van der Waals surface area contributed by atoms with Crippen LogP contribution in [0.15, 0.2) is 52.9 Å². The van der Waals surface area contributed by atoms with Crippen molar-refractivity contribution in [1.82, 2.24) is 10.3 Å². The Bertz CT molecular complexity index is 1320. The van der Waals surface area contributed by atoms with Crippen LogP contribution in [0.1, 0.15) is 35.8 Å². The normalized spacial score (nSPS) is 17.7. The van der Waals surface area contributed by atoms with E-state index < -0.39 is 17.7 Å². The molecule has 0 radical (unpaired) electrons. The SMILES string of the molecule is Cc1ccc(CNC(=O)OC2CC(c3c(-c4ccc(F)cc4)[nH]c4c(F)cc(F)cc34)C2)o1. The number of benzene rings is 2. The molecule has 0 aliphatic heterocycles. The molecule has 0 spiro atoms. The molecule has 2 aromatic heterocycles. The van der Waals surface area contributed by atoms with E-state index in [0.29, 0.717) is 35.2 Å². The quantitative estimate of drug-likeness (QED) is 0.371. The second-order valence-electron chi connectivity index (χ2n) is 8.29. The molecule has 5 nitrogen and oxygen atoms in total. The first kappa shape index (κ1) is 21.2. The number of H-pyrrole nitrogens is 1. The fourth-order valence-electron chi connectivity index (χ4n) is 4.34. The molecular formula is C25H21F3N2O3. The average Bonchev–Trinajstić information content (AvgIpc) is 3.33. The van der Waals surface area contributed by atoms with E-state index in [9.17, 15) is 18.0 Å². The van der Waals surface area contributed by atoms with Gasteiger partial charge in [0.25, 0.3) is 0 Å². The van der Waals surface area contributed by atoms with Gasteiger partial charge in [0, 0.05) is 11.5 Å². The van der Waals surface area contributed by atoms with E-state index in [4.69, 9.17) is 9.15 Å². The molecule has 170 valence electrons. The summed E-state index contributed by atoms with van der Waals surface area (Å²) in [6.07, 6.45) is 0.138. The van der Waals surface area contributed by atoms with Gasteiger partial charge in [0.15, 0.2) is 0 Å². The van der Waals surface area contributed by atoms with E-state index in [0.717, 1.165) is 17.4 Å². The lowest BCUT2D eigenvalue weighted by atomic mass is 9.75. The number of aromatic nitrogens is 1. The van der Waals surface area contributed by atoms with Gasteiger partial charge in [0.2, 0.25) is 0 Å². The Hall–Kier alpha value is -3.68. The van der Waals surface area contributed by atoms with Crippen molar-refractivity contribution < 1.29 is 27.1 Å². The molecule has 1 aliphatic carbocycles. The van der Waals surface area contributed by atoms with E-state index >= 15 is 0 Å². The van der Waals surface area contributed by atoms with Crippen molar-refractivity contribution in [2.75, 3.05) is 0 Å². The summed E-state index contributed by atoms with van der Waals surface area (Å²) in [6.45, 7) is 2.04. The van der Waals surface area contributed by atoms with Gasteiger partial charge >= 0.3 is 6.09 Å². The number of alkyl carbamates (subject to hydrolysis) is 1. The zero-order chi connectivity index (χ0) is 23.1. The summed E-state index contributed by atoms with van der Waals surface area (Å²) in [7, 11) is 0. The zero-order valence-corrected chi connectivity index (χ0v) is 17.8. The largest absolute Gasteiger partial charge is 0.465 e. The van der Waals surface area contributed by atoms with Crippen LogP contribution in [0.4, 0.5) is 18.0 Å². The van der Waals surface area contributed by atoms with E-state index in [-0.39, 0.29) is 29.9 Å². The highest BCUT2D eigenvalue weighted by molar-refractivity contribution is 5.92. The molecule has 0 unspecified atom stereocenters. The number of carbonyl (C=O) groups excluding carboxylic acids is 1. The number of rotatable bonds is 5. The number of halogens is 3. The number of hydrogen-bond donors (Lipinski definition) is 2. The molecule has 1 amide bonds. The smallest absolute Gasteiger partial charge is 0.407 e. The van der Waals surface area contributed by atoms with Crippen molar-refractivity contribution in [3.63, 3.8) is 0 Å². The minimum absolute atomic E-state index is 0.0782. The molecule has 5 rings (SSSR count). The number of furan rings is 1. The van der Waals surface area contributed by atoms with Crippen molar-refractivity contribution >= 4 is 17.0 Å². The van der Waals surface area contributed by atoms with Crippen molar-refractivity contribution in [2.45, 2.75) is 38.3 Å². The van der Waals surface area contributed by atoms with E-state index in [2.05, 4.69) is 10.3 Å². The summed E-state index contributed by atoms with van der Waals surface area (Å²) in [4.78, 5) is 15.2. The summed E-state index contributed by atoms with van der Waals surface area (Å²) >= 11 is 0. The molecule has 1 fully saturated rings. The number of aryl methyl sites for hydroxylation is 1. The van der Waals surface area contributed by atoms with Gasteiger partial charge in [-0.1, -0.05) is 0 Å². The average molecular weight is 454 g/mol. The molecule has 1 saturated carbocycles. The van der Waals surface area contributed by atoms with E-state index in [1.165, 1.54) is 18.2 Å². The van der Waals surface area contributed by atoms with Crippen LogP contribution in [0.3, 0.4) is 0 Å². The molecule has 0 saturated heterocycles. The Morgan fingerprint density at radius 3 is 2.55 bits per heavy atom. The van der Waals surface area contributed by atoms with Crippen LogP contribution in [0.2, 0.25) is 0 Å². The van der Waals surface area contributed by atoms with Crippen LogP contribution in [-0.4, -0.2) is 17.2 Å². The number of hydrogen-bond acceptors (Lipinski definition) is 3. The third-order valence-electron chi connectivity index (χ3n) is 5.98. The highest BCUT2D eigenvalue weighted by Crippen LogP contribution is 2.46. The molecule has 0 bridgehead atoms. The highest BCUT2D eigenvalue weighted by atomic mass is 19.1. The predicted molar refractivity (Wildman–Crippen MR) is 116 cm³/mol. The van der Waals surface area contributed by atoms with Crippen molar-refractivity contribution in [3.05, 3.63) is 83.1 Å². The predicted octanol–water partition coefficient (Wildman–Crippen LogP) is 6.33. The molecular weight excluding hydrogens is 433 g/mol. The second kappa shape index (κ2) is 8.35. The number of amides is 1. The third-order valence-corrected chi connectivity index (χ3v) is 5.98. The monoisotopic (exact) mass is 454 g/mol. The standard InChI is InChI=1S/C25H21F3N2O3/c1-13-2-7-18(32-13)12-29-25(31)33-19-8-15(9-19)22-20-10-17(27)11-21(28)24(20)30-23(22)14-3-5-16(26)6-4-14/h2-7,10-11,15,19,30H,8-9,12H2,1H3,(H,29,31). The van der Waals surface area contributed by atoms with Gasteiger partial charge in [-0.2, -0.15) is 0 Å². The van der Waals surface area contributed by atoms with Crippen LogP contribution >= 0.6 is 0 Å². The molecule has 1 aliphatic rings. The maximum absolute atomic E-state index is 14.5. The minimum atomic E-state index is -0.695. The van der Waals surface area contributed by atoms with Crippen LogP contribution in [-0.2, 0) is 11.3 Å². The number of aromatic amines is 1. The van der Waals surface area contributed by atoms with Crippen molar-refractivity contribution in [1.29, 1.82) is 0 Å². The van der Waals surface area contributed by atoms with Gasteiger partial charge in [-0.25, -0.2) is 18.0 Å². The van der Waals surface area contributed by atoms with E-state index in [1.54, 1.807) is 18.2 Å². The molecule has 2 heterocycles. The lowest BCUT2D eigenvalue weighted by molar-refractivity contribution is 0.0393. The fourth-order valence-corrected chi connectivity index (χ4v) is 4.34. The van der Waals surface area contributed by atoms with Crippen LogP contribution in [0.25, 0.3) is 22.2 Å². The van der Waals surface area contributed by atoms with Gasteiger partial charge in [-0.05, 0) is 79.3 Å². The van der Waals surface area contributed by atoms with Gasteiger partial charge in [0.1, 0.15) is 35.1 Å². The van der Waals surface area contributed by atoms with Crippen LogP contribution in [0, 0.1) is 24.4 Å². The Balaban J connectivity index is 1.34. The van der Waals surface area contributed by atoms with Crippen molar-refractivity contribution in [2.24, 2.45) is 0 Å². The van der Waals surface area contributed by atoms with Gasteiger partial charge in [-0.15, -0.1) is 0 Å². The zero-order valence-electron chi connectivity index (χ0n) is 17.8. The number of carbonyl (C=O) groups is 1. The fraction of sp³-hybridized carbons (Fsp3) is 0.240. The summed E-state index contributed by atoms with van der Waals surface area (Å²) in [5.74, 6) is -0.454. The number of nitrogens with one attached hydrogen (secondary N) is 2. The Labute approximate surface area is 187 Å². The number of ether oxygens (including phenoxy) is 1. The van der Waals surface area contributed by atoms with E-state index in [1.807, 2.05) is 13.0 Å². The van der Waals surface area contributed by atoms with Crippen molar-refractivity contribution in [3.8, 4) is 11.3 Å².